The molecule has 0 aliphatic heterocycles. The molecule has 0 saturated carbocycles. The van der Waals surface area contributed by atoms with E-state index < -0.39 is 15.7 Å². The number of hydrogen-bond acceptors (Lipinski definition) is 3. The van der Waals surface area contributed by atoms with E-state index >= 15 is 0 Å². The monoisotopic (exact) mass is 444 g/mol. The Kier molecular flexibility index (Phi) is 10.8. The van der Waals surface area contributed by atoms with Crippen molar-refractivity contribution >= 4 is 10.1 Å². The third-order valence-electron chi connectivity index (χ3n) is 5.83. The van der Waals surface area contributed by atoms with Crippen LogP contribution in [0.3, 0.4) is 0 Å². The van der Waals surface area contributed by atoms with Crippen molar-refractivity contribution in [1.29, 1.82) is 0 Å². The number of aryl methyl sites for hydroxylation is 1. The minimum Gasteiger partial charge on any atom is -0.255 e. The summed E-state index contributed by atoms with van der Waals surface area (Å²) in [5.41, 5.74) is 0.765. The van der Waals surface area contributed by atoms with E-state index in [0.29, 0.717) is 4.90 Å². The lowest BCUT2D eigenvalue weighted by atomic mass is 9.99. The molecule has 2 rings (SSSR count). The second-order valence-corrected chi connectivity index (χ2v) is 10.5. The van der Waals surface area contributed by atoms with Crippen LogP contribution < -0.4 is 0 Å². The molecule has 4 heteroatoms. The van der Waals surface area contributed by atoms with Crippen molar-refractivity contribution in [2.24, 2.45) is 0 Å². The van der Waals surface area contributed by atoms with E-state index in [2.05, 4.69) is 6.92 Å². The van der Waals surface area contributed by atoms with Crippen molar-refractivity contribution < 1.29 is 12.6 Å². The number of unbranched alkanes of at least 4 members (excludes halogenated alkanes) is 9. The largest absolute Gasteiger partial charge is 0.298 e. The fourth-order valence-electron chi connectivity index (χ4n) is 3.96. The molecule has 0 amide bonds. The van der Waals surface area contributed by atoms with Crippen LogP contribution in [0.4, 0.5) is 0 Å². The highest BCUT2D eigenvalue weighted by Crippen LogP contribution is 2.31. The van der Waals surface area contributed by atoms with E-state index in [-0.39, 0.29) is 0 Å². The van der Waals surface area contributed by atoms with Gasteiger partial charge in [0.1, 0.15) is 5.60 Å². The Labute approximate surface area is 190 Å². The van der Waals surface area contributed by atoms with Gasteiger partial charge in [0.25, 0.3) is 10.1 Å². The lowest BCUT2D eigenvalue weighted by Crippen LogP contribution is -2.26. The molecule has 0 saturated heterocycles. The number of hydrogen-bond donors (Lipinski definition) is 0. The van der Waals surface area contributed by atoms with E-state index in [9.17, 15) is 8.42 Å². The van der Waals surface area contributed by atoms with E-state index in [1.165, 1.54) is 51.4 Å². The van der Waals surface area contributed by atoms with Crippen molar-refractivity contribution in [2.75, 3.05) is 0 Å². The Balaban J connectivity index is 1.87. The second-order valence-electron chi connectivity index (χ2n) is 8.95. The van der Waals surface area contributed by atoms with E-state index in [4.69, 9.17) is 4.18 Å². The first kappa shape index (κ1) is 25.6. The molecule has 0 atom stereocenters. The molecule has 3 nitrogen and oxygen atoms in total. The molecule has 0 heterocycles. The summed E-state index contributed by atoms with van der Waals surface area (Å²) in [5.74, 6) is 0. The zero-order valence-corrected chi connectivity index (χ0v) is 20.4. The van der Waals surface area contributed by atoms with Gasteiger partial charge in [0.05, 0.1) is 4.90 Å². The molecule has 31 heavy (non-hydrogen) atoms. The van der Waals surface area contributed by atoms with Crippen LogP contribution in [-0.2, 0) is 26.3 Å². The van der Waals surface area contributed by atoms with Crippen LogP contribution in [-0.4, -0.2) is 8.42 Å². The highest BCUT2D eigenvalue weighted by atomic mass is 32.2. The summed E-state index contributed by atoms with van der Waals surface area (Å²) < 4.78 is 31.9. The summed E-state index contributed by atoms with van der Waals surface area (Å²) in [5, 5.41) is 0. The van der Waals surface area contributed by atoms with E-state index in [0.717, 1.165) is 30.4 Å². The van der Waals surface area contributed by atoms with E-state index in [1.807, 2.05) is 42.5 Å². The first-order valence-electron chi connectivity index (χ1n) is 12.0. The summed E-state index contributed by atoms with van der Waals surface area (Å²) in [6, 6.07) is 16.8. The molecular weight excluding hydrogens is 404 g/mol. The van der Waals surface area contributed by atoms with Gasteiger partial charge < -0.3 is 0 Å². The highest BCUT2D eigenvalue weighted by Gasteiger charge is 2.31. The predicted octanol–water partition coefficient (Wildman–Crippen LogP) is 7.79. The summed E-state index contributed by atoms with van der Waals surface area (Å²) in [4.78, 5) is 0.301. The molecule has 0 bridgehead atoms. The topological polar surface area (TPSA) is 43.4 Å². The maximum Gasteiger partial charge on any atom is 0.298 e. The molecule has 0 radical (unpaired) electrons. The van der Waals surface area contributed by atoms with Gasteiger partial charge in [-0.25, -0.2) is 0 Å². The van der Waals surface area contributed by atoms with Crippen LogP contribution in [0.5, 0.6) is 0 Å². The first-order chi connectivity index (χ1) is 14.9. The normalized spacial score (nSPS) is 12.2. The molecule has 0 N–H and O–H groups in total. The minimum atomic E-state index is -3.86. The summed E-state index contributed by atoms with van der Waals surface area (Å²) in [6.45, 7) is 5.84. The van der Waals surface area contributed by atoms with Crippen LogP contribution in [0.2, 0.25) is 0 Å². The zero-order valence-electron chi connectivity index (χ0n) is 19.6. The van der Waals surface area contributed by atoms with Crippen molar-refractivity contribution in [2.45, 2.75) is 102 Å². The van der Waals surface area contributed by atoms with Gasteiger partial charge >= 0.3 is 0 Å². The maximum absolute atomic E-state index is 13.1. The van der Waals surface area contributed by atoms with Gasteiger partial charge in [-0.05, 0) is 43.9 Å². The molecule has 0 unspecified atom stereocenters. The van der Waals surface area contributed by atoms with Crippen LogP contribution >= 0.6 is 0 Å². The third-order valence-corrected chi connectivity index (χ3v) is 7.40. The Morgan fingerprint density at radius 2 is 1.23 bits per heavy atom. The molecular formula is C27H40O3S. The Hall–Kier alpha value is -1.65. The molecule has 0 spiro atoms. The molecule has 0 aliphatic rings. The smallest absolute Gasteiger partial charge is 0.255 e. The van der Waals surface area contributed by atoms with Gasteiger partial charge in [-0.15, -0.1) is 0 Å². The summed E-state index contributed by atoms with van der Waals surface area (Å²) >= 11 is 0. The second kappa shape index (κ2) is 13.0. The predicted molar refractivity (Wildman–Crippen MR) is 130 cm³/mol. The van der Waals surface area contributed by atoms with Crippen LogP contribution in [0.15, 0.2) is 59.5 Å². The summed E-state index contributed by atoms with van der Waals surface area (Å²) in [7, 11) is -3.86. The van der Waals surface area contributed by atoms with Gasteiger partial charge in [-0.1, -0.05) is 113 Å². The SMILES string of the molecule is CCCCCCCCCCCCc1ccccc1S(=O)(=O)OC(C)(C)c1ccccc1. The van der Waals surface area contributed by atoms with Crippen molar-refractivity contribution in [3.05, 3.63) is 65.7 Å². The standard InChI is InChI=1S/C27H40O3S/c1-4-5-6-7-8-9-10-11-12-14-19-24-20-17-18-23-26(24)31(28,29)30-27(2,3)25-21-15-13-16-22-25/h13,15-18,20-23H,4-12,14,19H2,1-3H3. The van der Waals surface area contributed by atoms with Crippen LogP contribution in [0.1, 0.15) is 96.1 Å². The minimum absolute atomic E-state index is 0.301. The lowest BCUT2D eigenvalue weighted by molar-refractivity contribution is 0.117. The summed E-state index contributed by atoms with van der Waals surface area (Å²) in [6.07, 6.45) is 13.4. The van der Waals surface area contributed by atoms with Gasteiger partial charge in [0.15, 0.2) is 0 Å². The highest BCUT2D eigenvalue weighted by molar-refractivity contribution is 7.86. The lowest BCUT2D eigenvalue weighted by Gasteiger charge is -2.25. The number of rotatable bonds is 15. The Bertz CT molecular complexity index is 857. The third kappa shape index (κ3) is 8.78. The fourth-order valence-corrected chi connectivity index (χ4v) is 5.43. The average Bonchev–Trinajstić information content (AvgIpc) is 2.75. The molecule has 2 aromatic rings. The van der Waals surface area contributed by atoms with Gasteiger partial charge in [-0.2, -0.15) is 8.42 Å². The molecule has 0 aromatic heterocycles. The Morgan fingerprint density at radius 1 is 0.710 bits per heavy atom. The average molecular weight is 445 g/mol. The zero-order chi connectivity index (χ0) is 22.6. The van der Waals surface area contributed by atoms with Crippen molar-refractivity contribution in [3.8, 4) is 0 Å². The van der Waals surface area contributed by atoms with Crippen LogP contribution in [0, 0.1) is 0 Å². The first-order valence-corrected chi connectivity index (χ1v) is 13.4. The van der Waals surface area contributed by atoms with Crippen molar-refractivity contribution in [3.63, 3.8) is 0 Å². The van der Waals surface area contributed by atoms with Crippen LogP contribution in [0.25, 0.3) is 0 Å². The molecule has 0 fully saturated rings. The van der Waals surface area contributed by atoms with E-state index in [1.54, 1.807) is 26.0 Å². The van der Waals surface area contributed by atoms with Gasteiger partial charge in [-0.3, -0.25) is 4.18 Å². The number of benzene rings is 2. The van der Waals surface area contributed by atoms with Crippen molar-refractivity contribution in [1.82, 2.24) is 0 Å². The van der Waals surface area contributed by atoms with Gasteiger partial charge in [0, 0.05) is 0 Å². The molecule has 2 aromatic carbocycles. The fraction of sp³-hybridized carbons (Fsp3) is 0.556. The Morgan fingerprint density at radius 3 is 1.84 bits per heavy atom. The maximum atomic E-state index is 13.1. The quantitative estimate of drug-likeness (QED) is 0.208. The molecule has 172 valence electrons. The van der Waals surface area contributed by atoms with Gasteiger partial charge in [0.2, 0.25) is 0 Å². The molecule has 0 aliphatic carbocycles.